The van der Waals surface area contributed by atoms with Crippen molar-refractivity contribution in [1.29, 1.82) is 0 Å². The Hall–Kier alpha value is -0.135. The lowest BCUT2D eigenvalue weighted by atomic mass is 10.3. The summed E-state index contributed by atoms with van der Waals surface area (Å²) in [6.07, 6.45) is -0.102. The second-order valence-corrected chi connectivity index (χ2v) is 1.51. The van der Waals surface area contributed by atoms with E-state index in [2.05, 4.69) is 0 Å². The van der Waals surface area contributed by atoms with Gasteiger partial charge in [-0.25, -0.2) is 0 Å². The quantitative estimate of drug-likeness (QED) is 0.278. The number of ether oxygens (including phenoxy) is 1. The smallest absolute Gasteiger partial charge is 0.402 e. The molecule has 0 radical (unpaired) electrons. The maximum Gasteiger partial charge on any atom is 0.631 e. The van der Waals surface area contributed by atoms with Crippen molar-refractivity contribution in [3.63, 3.8) is 0 Å². The van der Waals surface area contributed by atoms with Gasteiger partial charge in [0.25, 0.3) is 0 Å². The van der Waals surface area contributed by atoms with Gasteiger partial charge in [-0.05, 0) is 13.8 Å². The van der Waals surface area contributed by atoms with E-state index < -0.39 is 7.32 Å². The molecular formula is C4H14BNO4. The molecule has 1 atom stereocenters. The monoisotopic (exact) mass is 151 g/mol. The lowest BCUT2D eigenvalue weighted by Crippen LogP contribution is -2.18. The lowest BCUT2D eigenvalue weighted by Gasteiger charge is -2.00. The minimum atomic E-state index is -2.17. The summed E-state index contributed by atoms with van der Waals surface area (Å²) in [5.74, 6) is 0. The molecule has 0 bridgehead atoms. The fraction of sp³-hybridized carbons (Fsp3) is 1.00. The van der Waals surface area contributed by atoms with Crippen molar-refractivity contribution >= 4 is 7.32 Å². The Kier molecular flexibility index (Phi) is 11.1. The van der Waals surface area contributed by atoms with E-state index in [-0.39, 0.29) is 6.23 Å². The van der Waals surface area contributed by atoms with E-state index in [9.17, 15) is 0 Å². The molecule has 62 valence electrons. The van der Waals surface area contributed by atoms with Crippen LogP contribution in [0.25, 0.3) is 0 Å². The molecule has 0 aliphatic rings. The molecule has 0 aromatic carbocycles. The highest BCUT2D eigenvalue weighted by atomic mass is 16.5. The summed E-state index contributed by atoms with van der Waals surface area (Å²) in [5, 5.41) is 21.5. The van der Waals surface area contributed by atoms with Gasteiger partial charge in [0.2, 0.25) is 0 Å². The summed E-state index contributed by atoms with van der Waals surface area (Å²) in [4.78, 5) is 0. The summed E-state index contributed by atoms with van der Waals surface area (Å²) in [6.45, 7) is 4.44. The van der Waals surface area contributed by atoms with E-state index in [1.165, 1.54) is 0 Å². The van der Waals surface area contributed by atoms with Gasteiger partial charge in [-0.2, -0.15) is 0 Å². The van der Waals surface area contributed by atoms with Crippen LogP contribution in [0.1, 0.15) is 13.8 Å². The molecule has 5 N–H and O–H groups in total. The van der Waals surface area contributed by atoms with Crippen molar-refractivity contribution in [1.82, 2.24) is 0 Å². The second kappa shape index (κ2) is 8.86. The summed E-state index contributed by atoms with van der Waals surface area (Å²) in [5.41, 5.74) is 5.18. The topological polar surface area (TPSA) is 95.9 Å². The highest BCUT2D eigenvalue weighted by Gasteiger charge is 1.92. The van der Waals surface area contributed by atoms with Crippen LogP contribution < -0.4 is 5.73 Å². The van der Waals surface area contributed by atoms with Gasteiger partial charge in [-0.1, -0.05) is 0 Å². The molecule has 0 aromatic heterocycles. The number of hydrogen-bond acceptors (Lipinski definition) is 5. The zero-order valence-corrected chi connectivity index (χ0v) is 6.19. The van der Waals surface area contributed by atoms with Crippen LogP contribution in [0, 0.1) is 0 Å². The number of rotatable bonds is 2. The summed E-state index contributed by atoms with van der Waals surface area (Å²) >= 11 is 0. The molecule has 0 amide bonds. The molecule has 0 aliphatic carbocycles. The first-order valence-electron chi connectivity index (χ1n) is 2.92. The van der Waals surface area contributed by atoms with Gasteiger partial charge in [0, 0.05) is 6.61 Å². The predicted molar refractivity (Wildman–Crippen MR) is 37.7 cm³/mol. The number of hydrogen-bond donors (Lipinski definition) is 4. The van der Waals surface area contributed by atoms with Crippen molar-refractivity contribution in [3.05, 3.63) is 0 Å². The third kappa shape index (κ3) is 45.2. The van der Waals surface area contributed by atoms with Crippen LogP contribution in [0.5, 0.6) is 0 Å². The molecule has 0 heterocycles. The molecule has 6 heteroatoms. The van der Waals surface area contributed by atoms with Crippen LogP contribution >= 0.6 is 0 Å². The highest BCUT2D eigenvalue weighted by Crippen LogP contribution is 1.74. The molecule has 10 heavy (non-hydrogen) atoms. The van der Waals surface area contributed by atoms with Crippen molar-refractivity contribution < 1.29 is 19.8 Å². The fourth-order valence-corrected chi connectivity index (χ4v) is 0.263. The van der Waals surface area contributed by atoms with Crippen molar-refractivity contribution in [2.45, 2.75) is 20.1 Å². The summed E-state index contributed by atoms with van der Waals surface area (Å²) in [6, 6.07) is 0. The third-order valence-electron chi connectivity index (χ3n) is 0.430. The van der Waals surface area contributed by atoms with Crippen LogP contribution in [-0.4, -0.2) is 35.2 Å². The van der Waals surface area contributed by atoms with Gasteiger partial charge >= 0.3 is 7.32 Å². The predicted octanol–water partition coefficient (Wildman–Crippen LogP) is -1.72. The van der Waals surface area contributed by atoms with Crippen molar-refractivity contribution in [2.24, 2.45) is 5.73 Å². The second-order valence-electron chi connectivity index (χ2n) is 1.51. The molecule has 5 nitrogen and oxygen atoms in total. The fourth-order valence-electron chi connectivity index (χ4n) is 0.263. The van der Waals surface area contributed by atoms with Crippen molar-refractivity contribution in [2.75, 3.05) is 6.61 Å². The minimum absolute atomic E-state index is 0.102. The molecule has 0 aromatic rings. The number of nitrogens with two attached hydrogens (primary N) is 1. The zero-order valence-electron chi connectivity index (χ0n) is 6.19. The largest absolute Gasteiger partial charge is 0.631 e. The molecule has 0 saturated carbocycles. The van der Waals surface area contributed by atoms with E-state index in [4.69, 9.17) is 25.5 Å². The van der Waals surface area contributed by atoms with Gasteiger partial charge in [-0.3, -0.25) is 0 Å². The van der Waals surface area contributed by atoms with Crippen LogP contribution in [0.3, 0.4) is 0 Å². The molecule has 0 rings (SSSR count). The molecule has 0 fully saturated rings. The van der Waals surface area contributed by atoms with Gasteiger partial charge in [0.05, 0.1) is 0 Å². The molecule has 0 aliphatic heterocycles. The van der Waals surface area contributed by atoms with Crippen LogP contribution in [0.4, 0.5) is 0 Å². The van der Waals surface area contributed by atoms with Crippen LogP contribution in [0.2, 0.25) is 0 Å². The molecule has 0 saturated heterocycles. The van der Waals surface area contributed by atoms with E-state index in [0.717, 1.165) is 0 Å². The Morgan fingerprint density at radius 3 is 1.80 bits per heavy atom. The minimum Gasteiger partial charge on any atom is -0.402 e. The van der Waals surface area contributed by atoms with E-state index in [0.29, 0.717) is 6.61 Å². The lowest BCUT2D eigenvalue weighted by molar-refractivity contribution is 0.0814. The first kappa shape index (κ1) is 12.5. The Labute approximate surface area is 60.6 Å². The van der Waals surface area contributed by atoms with Crippen LogP contribution in [0.15, 0.2) is 0 Å². The van der Waals surface area contributed by atoms with Gasteiger partial charge in [-0.15, -0.1) is 0 Å². The Balaban J connectivity index is 0. The molecule has 1 unspecified atom stereocenters. The highest BCUT2D eigenvalue weighted by molar-refractivity contribution is 6.30. The maximum absolute atomic E-state index is 7.17. The maximum atomic E-state index is 7.17. The normalized spacial score (nSPS) is 11.4. The summed E-state index contributed by atoms with van der Waals surface area (Å²) < 4.78 is 4.82. The Morgan fingerprint density at radius 2 is 1.80 bits per heavy atom. The van der Waals surface area contributed by atoms with Gasteiger partial charge in [0.15, 0.2) is 0 Å². The third-order valence-corrected chi connectivity index (χ3v) is 0.430. The van der Waals surface area contributed by atoms with E-state index in [1.807, 2.05) is 13.8 Å². The first-order chi connectivity index (χ1) is 4.50. The van der Waals surface area contributed by atoms with Crippen LogP contribution in [-0.2, 0) is 4.74 Å². The SMILES string of the molecule is CCOC(C)N.OB(O)O. The molecular weight excluding hydrogens is 137 g/mol. The van der Waals surface area contributed by atoms with Gasteiger partial charge in [0.1, 0.15) is 6.23 Å². The summed E-state index contributed by atoms with van der Waals surface area (Å²) in [7, 11) is -2.17. The Morgan fingerprint density at radius 1 is 1.50 bits per heavy atom. The van der Waals surface area contributed by atoms with Crippen molar-refractivity contribution in [3.8, 4) is 0 Å². The molecule has 0 spiro atoms. The van der Waals surface area contributed by atoms with Gasteiger partial charge < -0.3 is 25.5 Å². The van der Waals surface area contributed by atoms with E-state index >= 15 is 0 Å². The average Bonchev–Trinajstić information content (AvgIpc) is 1.62. The van der Waals surface area contributed by atoms with E-state index in [1.54, 1.807) is 0 Å². The first-order valence-corrected chi connectivity index (χ1v) is 2.92. The average molecular weight is 151 g/mol. The standard InChI is InChI=1S/C4H11NO.BH3O3/c1-3-6-4(2)5;2-1(3)4/h4H,3,5H2,1-2H3;2-4H. The Bertz CT molecular complexity index is 58.5. The zero-order chi connectivity index (χ0) is 8.57.